The molecule has 1 fully saturated rings. The highest BCUT2D eigenvalue weighted by Crippen LogP contribution is 2.25. The second kappa shape index (κ2) is 6.92. The summed E-state index contributed by atoms with van der Waals surface area (Å²) in [5.74, 6) is 0.647. The molecule has 1 unspecified atom stereocenters. The lowest BCUT2D eigenvalue weighted by molar-refractivity contribution is 0.310. The fourth-order valence-corrected chi connectivity index (χ4v) is 3.98. The van der Waals surface area contributed by atoms with Crippen LogP contribution in [0.3, 0.4) is 0 Å². The molecule has 0 saturated carbocycles. The monoisotopic (exact) mass is 349 g/mol. The van der Waals surface area contributed by atoms with E-state index >= 15 is 0 Å². The lowest BCUT2D eigenvalue weighted by Crippen LogP contribution is -2.21. The Labute approximate surface area is 153 Å². The average Bonchev–Trinajstić information content (AvgIpc) is 3.24. The molecule has 0 aliphatic carbocycles. The number of nitriles is 1. The molecule has 2 aromatic carbocycles. The van der Waals surface area contributed by atoms with Crippen molar-refractivity contribution >= 4 is 22.5 Å². The molecular formula is C21H20ClN3. The molecule has 0 spiro atoms. The van der Waals surface area contributed by atoms with E-state index in [0.29, 0.717) is 5.92 Å². The van der Waals surface area contributed by atoms with Crippen LogP contribution in [0.2, 0.25) is 5.02 Å². The van der Waals surface area contributed by atoms with E-state index in [1.165, 1.54) is 17.5 Å². The van der Waals surface area contributed by atoms with Crippen LogP contribution < -0.4 is 0 Å². The summed E-state index contributed by atoms with van der Waals surface area (Å²) in [6, 6.07) is 18.3. The number of likely N-dealkylation sites (tertiary alicyclic amines) is 1. The summed E-state index contributed by atoms with van der Waals surface area (Å²) in [4.78, 5) is 2.49. The van der Waals surface area contributed by atoms with Crippen LogP contribution in [-0.2, 0) is 13.1 Å². The van der Waals surface area contributed by atoms with Crippen molar-refractivity contribution in [3.63, 3.8) is 0 Å². The van der Waals surface area contributed by atoms with Gasteiger partial charge in [-0.15, -0.1) is 0 Å². The molecule has 4 heteroatoms. The first-order chi connectivity index (χ1) is 12.2. The van der Waals surface area contributed by atoms with Gasteiger partial charge in [-0.1, -0.05) is 29.8 Å². The van der Waals surface area contributed by atoms with Gasteiger partial charge in [0.05, 0.1) is 11.6 Å². The van der Waals surface area contributed by atoms with E-state index in [2.05, 4.69) is 46.0 Å². The van der Waals surface area contributed by atoms with Crippen LogP contribution in [0, 0.1) is 17.2 Å². The third-order valence-corrected chi connectivity index (χ3v) is 5.45. The minimum Gasteiger partial charge on any atom is -0.347 e. The van der Waals surface area contributed by atoms with E-state index in [0.717, 1.165) is 42.2 Å². The number of fused-ring (bicyclic) bond motifs is 1. The van der Waals surface area contributed by atoms with Crippen molar-refractivity contribution in [2.75, 3.05) is 13.1 Å². The molecule has 1 aromatic heterocycles. The lowest BCUT2D eigenvalue weighted by atomic mass is 10.1. The Morgan fingerprint density at radius 3 is 2.88 bits per heavy atom. The standard InChI is InChI=1S/C21H20ClN3/c22-20-4-2-1-3-19(20)15-24-9-7-17(13-24)14-25-10-8-18-11-16(12-23)5-6-21(18)25/h1-6,8,10-11,17H,7,9,13-15H2. The predicted molar refractivity (Wildman–Crippen MR) is 101 cm³/mol. The smallest absolute Gasteiger partial charge is 0.0991 e. The molecule has 1 aliphatic heterocycles. The van der Waals surface area contributed by atoms with E-state index in [1.54, 1.807) is 0 Å². The van der Waals surface area contributed by atoms with Gasteiger partial charge in [0.15, 0.2) is 0 Å². The van der Waals surface area contributed by atoms with E-state index in [1.807, 2.05) is 24.3 Å². The maximum Gasteiger partial charge on any atom is 0.0991 e. The van der Waals surface area contributed by atoms with Gasteiger partial charge in [0.1, 0.15) is 0 Å². The van der Waals surface area contributed by atoms with Crippen molar-refractivity contribution < 1.29 is 0 Å². The second-order valence-electron chi connectivity index (χ2n) is 6.83. The predicted octanol–water partition coefficient (Wildman–Crippen LogP) is 4.69. The molecule has 1 atom stereocenters. The molecule has 1 aliphatic rings. The Balaban J connectivity index is 1.43. The molecule has 126 valence electrons. The largest absolute Gasteiger partial charge is 0.347 e. The van der Waals surface area contributed by atoms with Gasteiger partial charge in [-0.3, -0.25) is 4.90 Å². The van der Waals surface area contributed by atoms with Crippen LogP contribution >= 0.6 is 11.6 Å². The Morgan fingerprint density at radius 2 is 2.04 bits per heavy atom. The normalized spacial score (nSPS) is 17.8. The minimum absolute atomic E-state index is 0.647. The Bertz CT molecular complexity index is 938. The zero-order chi connectivity index (χ0) is 17.2. The van der Waals surface area contributed by atoms with Gasteiger partial charge in [0.25, 0.3) is 0 Å². The molecule has 25 heavy (non-hydrogen) atoms. The first-order valence-electron chi connectivity index (χ1n) is 8.67. The first-order valence-corrected chi connectivity index (χ1v) is 9.05. The Kier molecular flexibility index (Phi) is 4.48. The third-order valence-electron chi connectivity index (χ3n) is 5.08. The summed E-state index contributed by atoms with van der Waals surface area (Å²) in [5, 5.41) is 11.0. The van der Waals surface area contributed by atoms with Crippen LogP contribution in [0.4, 0.5) is 0 Å². The second-order valence-corrected chi connectivity index (χ2v) is 7.24. The number of hydrogen-bond acceptors (Lipinski definition) is 2. The van der Waals surface area contributed by atoms with Crippen molar-refractivity contribution in [3.05, 3.63) is 70.9 Å². The van der Waals surface area contributed by atoms with Gasteiger partial charge in [-0.25, -0.2) is 0 Å². The fourth-order valence-electron chi connectivity index (χ4n) is 3.78. The molecule has 2 heterocycles. The van der Waals surface area contributed by atoms with Gasteiger partial charge >= 0.3 is 0 Å². The highest BCUT2D eigenvalue weighted by atomic mass is 35.5. The first kappa shape index (κ1) is 16.2. The van der Waals surface area contributed by atoms with Gasteiger partial charge in [-0.2, -0.15) is 5.26 Å². The zero-order valence-corrected chi connectivity index (χ0v) is 14.8. The van der Waals surface area contributed by atoms with Crippen LogP contribution in [0.25, 0.3) is 10.9 Å². The number of aromatic nitrogens is 1. The maximum atomic E-state index is 9.03. The molecule has 3 aromatic rings. The SMILES string of the molecule is N#Cc1ccc2c(ccn2CC2CCN(Cc3ccccc3Cl)C2)c1. The summed E-state index contributed by atoms with van der Waals surface area (Å²) in [5.41, 5.74) is 3.14. The number of hydrogen-bond donors (Lipinski definition) is 0. The summed E-state index contributed by atoms with van der Waals surface area (Å²) < 4.78 is 2.32. The molecule has 0 N–H and O–H groups in total. The molecule has 1 saturated heterocycles. The number of nitrogens with zero attached hydrogens (tertiary/aromatic N) is 3. The van der Waals surface area contributed by atoms with E-state index < -0.39 is 0 Å². The fraction of sp³-hybridized carbons (Fsp3) is 0.286. The molecule has 0 bridgehead atoms. The van der Waals surface area contributed by atoms with Crippen molar-refractivity contribution in [2.24, 2.45) is 5.92 Å². The molecular weight excluding hydrogens is 330 g/mol. The molecule has 4 rings (SSSR count). The molecule has 0 amide bonds. The van der Waals surface area contributed by atoms with E-state index in [-0.39, 0.29) is 0 Å². The van der Waals surface area contributed by atoms with Crippen LogP contribution in [0.15, 0.2) is 54.7 Å². The summed E-state index contributed by atoms with van der Waals surface area (Å²) >= 11 is 6.29. The quantitative estimate of drug-likeness (QED) is 0.684. The van der Waals surface area contributed by atoms with Crippen LogP contribution in [0.5, 0.6) is 0 Å². The lowest BCUT2D eigenvalue weighted by Gasteiger charge is -2.17. The Morgan fingerprint density at radius 1 is 1.16 bits per heavy atom. The van der Waals surface area contributed by atoms with Crippen molar-refractivity contribution in [1.82, 2.24) is 9.47 Å². The minimum atomic E-state index is 0.647. The van der Waals surface area contributed by atoms with Crippen molar-refractivity contribution in [2.45, 2.75) is 19.5 Å². The summed E-state index contributed by atoms with van der Waals surface area (Å²) in [7, 11) is 0. The summed E-state index contributed by atoms with van der Waals surface area (Å²) in [6.07, 6.45) is 3.35. The van der Waals surface area contributed by atoms with Crippen LogP contribution in [0.1, 0.15) is 17.5 Å². The van der Waals surface area contributed by atoms with E-state index in [4.69, 9.17) is 16.9 Å². The maximum absolute atomic E-state index is 9.03. The molecule has 0 radical (unpaired) electrons. The number of halogens is 1. The van der Waals surface area contributed by atoms with Gasteiger partial charge in [-0.05, 0) is 54.8 Å². The topological polar surface area (TPSA) is 32.0 Å². The van der Waals surface area contributed by atoms with Crippen molar-refractivity contribution in [3.8, 4) is 6.07 Å². The highest BCUT2D eigenvalue weighted by Gasteiger charge is 2.23. The number of benzene rings is 2. The third kappa shape index (κ3) is 3.42. The zero-order valence-electron chi connectivity index (χ0n) is 14.0. The highest BCUT2D eigenvalue weighted by molar-refractivity contribution is 6.31. The van der Waals surface area contributed by atoms with E-state index in [9.17, 15) is 0 Å². The molecule has 3 nitrogen and oxygen atoms in total. The number of rotatable bonds is 4. The van der Waals surface area contributed by atoms with Gasteiger partial charge < -0.3 is 4.57 Å². The van der Waals surface area contributed by atoms with Gasteiger partial charge in [0, 0.05) is 41.8 Å². The van der Waals surface area contributed by atoms with Crippen molar-refractivity contribution in [1.29, 1.82) is 5.26 Å². The summed E-state index contributed by atoms with van der Waals surface area (Å²) in [6.45, 7) is 4.16. The Hall–Kier alpha value is -2.28. The van der Waals surface area contributed by atoms with Gasteiger partial charge in [0.2, 0.25) is 0 Å². The average molecular weight is 350 g/mol. The van der Waals surface area contributed by atoms with Crippen LogP contribution in [-0.4, -0.2) is 22.6 Å².